The minimum Gasteiger partial charge on any atom is -0.381 e. The molecule has 12 heavy (non-hydrogen) atoms. The van der Waals surface area contributed by atoms with Crippen molar-refractivity contribution in [1.29, 1.82) is 0 Å². The Kier molecular flexibility index (Phi) is 2.63. The predicted molar refractivity (Wildman–Crippen MR) is 47.3 cm³/mol. The molecule has 2 N–H and O–H groups in total. The van der Waals surface area contributed by atoms with Gasteiger partial charge in [0.05, 0.1) is 0 Å². The average molecular weight is 168 g/mol. The average Bonchev–Trinajstić information content (AvgIpc) is 2.08. The van der Waals surface area contributed by atoms with Crippen LogP contribution in [0.15, 0.2) is 12.3 Å². The highest BCUT2D eigenvalue weighted by atomic mass is 19.1. The van der Waals surface area contributed by atoms with Crippen LogP contribution in [0.3, 0.4) is 0 Å². The van der Waals surface area contributed by atoms with Crippen molar-refractivity contribution in [2.45, 2.75) is 26.2 Å². The van der Waals surface area contributed by atoms with Gasteiger partial charge in [-0.2, -0.15) is 0 Å². The van der Waals surface area contributed by atoms with Gasteiger partial charge < -0.3 is 5.73 Å². The molecule has 2 nitrogen and oxygen atoms in total. The first-order valence-electron chi connectivity index (χ1n) is 4.06. The summed E-state index contributed by atoms with van der Waals surface area (Å²) in [4.78, 5) is 3.75. The molecule has 0 aromatic carbocycles. The van der Waals surface area contributed by atoms with Crippen LogP contribution in [-0.4, -0.2) is 4.98 Å². The molecule has 0 aliphatic heterocycles. The summed E-state index contributed by atoms with van der Waals surface area (Å²) in [6.45, 7) is 4.09. The first-order valence-corrected chi connectivity index (χ1v) is 4.06. The molecule has 0 bridgehead atoms. The molecule has 0 fully saturated rings. The Hall–Kier alpha value is -1.12. The van der Waals surface area contributed by atoms with E-state index in [-0.39, 0.29) is 5.82 Å². The SMILES string of the molecule is CCC(C)c1cnc(N)c(F)c1. The second kappa shape index (κ2) is 3.52. The van der Waals surface area contributed by atoms with E-state index in [2.05, 4.69) is 11.9 Å². The summed E-state index contributed by atoms with van der Waals surface area (Å²) in [6.07, 6.45) is 2.61. The molecule has 1 aromatic rings. The monoisotopic (exact) mass is 168 g/mol. The van der Waals surface area contributed by atoms with Crippen molar-refractivity contribution in [3.05, 3.63) is 23.6 Å². The summed E-state index contributed by atoms with van der Waals surface area (Å²) in [6, 6.07) is 1.45. The topological polar surface area (TPSA) is 38.9 Å². The number of halogens is 1. The molecule has 3 heteroatoms. The molecule has 0 aliphatic rings. The van der Waals surface area contributed by atoms with Crippen LogP contribution >= 0.6 is 0 Å². The van der Waals surface area contributed by atoms with Crippen molar-refractivity contribution in [2.75, 3.05) is 5.73 Å². The molecule has 0 saturated heterocycles. The second-order valence-electron chi connectivity index (χ2n) is 2.95. The predicted octanol–water partition coefficient (Wildman–Crippen LogP) is 2.32. The highest BCUT2D eigenvalue weighted by Crippen LogP contribution is 2.19. The van der Waals surface area contributed by atoms with E-state index in [9.17, 15) is 4.39 Å². The molecule has 0 spiro atoms. The van der Waals surface area contributed by atoms with Crippen molar-refractivity contribution >= 4 is 5.82 Å². The van der Waals surface area contributed by atoms with Crippen LogP contribution in [-0.2, 0) is 0 Å². The minimum absolute atomic E-state index is 0.0259. The Morgan fingerprint density at radius 3 is 2.83 bits per heavy atom. The van der Waals surface area contributed by atoms with Gasteiger partial charge in [0, 0.05) is 6.20 Å². The van der Waals surface area contributed by atoms with Gasteiger partial charge in [-0.15, -0.1) is 0 Å². The number of anilines is 1. The quantitative estimate of drug-likeness (QED) is 0.736. The van der Waals surface area contributed by atoms with Crippen LogP contribution in [0, 0.1) is 5.82 Å². The zero-order chi connectivity index (χ0) is 9.14. The van der Waals surface area contributed by atoms with E-state index in [0.717, 1.165) is 12.0 Å². The van der Waals surface area contributed by atoms with Crippen LogP contribution < -0.4 is 5.73 Å². The van der Waals surface area contributed by atoms with E-state index in [0.29, 0.717) is 5.92 Å². The van der Waals surface area contributed by atoms with Crippen molar-refractivity contribution in [3.63, 3.8) is 0 Å². The molecule has 66 valence electrons. The summed E-state index contributed by atoms with van der Waals surface area (Å²) >= 11 is 0. The van der Waals surface area contributed by atoms with Gasteiger partial charge in [0.2, 0.25) is 0 Å². The van der Waals surface area contributed by atoms with Gasteiger partial charge in [0.25, 0.3) is 0 Å². The highest BCUT2D eigenvalue weighted by Gasteiger charge is 2.06. The van der Waals surface area contributed by atoms with Crippen LogP contribution in [0.25, 0.3) is 0 Å². The van der Waals surface area contributed by atoms with Gasteiger partial charge in [-0.05, 0) is 24.0 Å². The lowest BCUT2D eigenvalue weighted by Gasteiger charge is -2.08. The largest absolute Gasteiger partial charge is 0.381 e. The third-order valence-corrected chi connectivity index (χ3v) is 2.07. The molecule has 0 saturated carbocycles. The lowest BCUT2D eigenvalue weighted by molar-refractivity contribution is 0.617. The number of hydrogen-bond donors (Lipinski definition) is 1. The maximum absolute atomic E-state index is 12.9. The number of rotatable bonds is 2. The summed E-state index contributed by atoms with van der Waals surface area (Å²) in [7, 11) is 0. The minimum atomic E-state index is -0.423. The van der Waals surface area contributed by atoms with E-state index in [1.807, 2.05) is 6.92 Å². The van der Waals surface area contributed by atoms with Crippen LogP contribution in [0.2, 0.25) is 0 Å². The number of pyridine rings is 1. The van der Waals surface area contributed by atoms with Crippen molar-refractivity contribution < 1.29 is 4.39 Å². The Bertz CT molecular complexity index is 273. The highest BCUT2D eigenvalue weighted by molar-refractivity contribution is 5.32. The van der Waals surface area contributed by atoms with Gasteiger partial charge in [-0.25, -0.2) is 9.37 Å². The maximum atomic E-state index is 12.9. The Morgan fingerprint density at radius 1 is 1.67 bits per heavy atom. The third kappa shape index (κ3) is 1.72. The van der Waals surface area contributed by atoms with E-state index in [4.69, 9.17) is 5.73 Å². The fourth-order valence-corrected chi connectivity index (χ4v) is 0.968. The number of hydrogen-bond acceptors (Lipinski definition) is 2. The van der Waals surface area contributed by atoms with Crippen molar-refractivity contribution in [2.24, 2.45) is 0 Å². The molecule has 1 unspecified atom stereocenters. The maximum Gasteiger partial charge on any atom is 0.165 e. The molecule has 0 amide bonds. The first kappa shape index (κ1) is 8.97. The molecule has 1 heterocycles. The normalized spacial score (nSPS) is 12.9. The van der Waals surface area contributed by atoms with E-state index in [1.165, 1.54) is 6.07 Å². The van der Waals surface area contributed by atoms with Crippen LogP contribution in [0.1, 0.15) is 31.7 Å². The summed E-state index contributed by atoms with van der Waals surface area (Å²) in [5.74, 6) is -0.109. The number of nitrogens with zero attached hydrogens (tertiary/aromatic N) is 1. The van der Waals surface area contributed by atoms with E-state index in [1.54, 1.807) is 6.20 Å². The zero-order valence-electron chi connectivity index (χ0n) is 7.34. The van der Waals surface area contributed by atoms with Gasteiger partial charge in [-0.1, -0.05) is 13.8 Å². The third-order valence-electron chi connectivity index (χ3n) is 2.07. The molecule has 1 aromatic heterocycles. The number of nitrogen functional groups attached to an aromatic ring is 1. The lowest BCUT2D eigenvalue weighted by atomic mass is 10.0. The van der Waals surface area contributed by atoms with Gasteiger partial charge in [-0.3, -0.25) is 0 Å². The first-order chi connectivity index (χ1) is 5.65. The molecule has 1 rings (SSSR count). The molecule has 1 atom stereocenters. The van der Waals surface area contributed by atoms with Crippen molar-refractivity contribution in [1.82, 2.24) is 4.98 Å². The fourth-order valence-electron chi connectivity index (χ4n) is 0.968. The Labute approximate surface area is 71.6 Å². The van der Waals surface area contributed by atoms with Crippen molar-refractivity contribution in [3.8, 4) is 0 Å². The standard InChI is InChI=1S/C9H13FN2/c1-3-6(2)7-4-8(10)9(11)12-5-7/h4-6H,3H2,1-2H3,(H2,11,12). The van der Waals surface area contributed by atoms with E-state index >= 15 is 0 Å². The molecule has 0 radical (unpaired) electrons. The summed E-state index contributed by atoms with van der Waals surface area (Å²) in [5, 5.41) is 0. The molecular formula is C9H13FN2. The van der Waals surface area contributed by atoms with Gasteiger partial charge >= 0.3 is 0 Å². The van der Waals surface area contributed by atoms with E-state index < -0.39 is 5.82 Å². The summed E-state index contributed by atoms with van der Waals surface area (Å²) < 4.78 is 12.9. The lowest BCUT2D eigenvalue weighted by Crippen LogP contribution is -1.99. The molecule has 0 aliphatic carbocycles. The fraction of sp³-hybridized carbons (Fsp3) is 0.444. The number of aromatic nitrogens is 1. The summed E-state index contributed by atoms with van der Waals surface area (Å²) in [5.41, 5.74) is 6.15. The Balaban J connectivity index is 2.96. The van der Waals surface area contributed by atoms with Crippen LogP contribution in [0.4, 0.5) is 10.2 Å². The van der Waals surface area contributed by atoms with Gasteiger partial charge in [0.15, 0.2) is 11.6 Å². The zero-order valence-corrected chi connectivity index (χ0v) is 7.34. The Morgan fingerprint density at radius 2 is 2.33 bits per heavy atom. The van der Waals surface area contributed by atoms with Crippen LogP contribution in [0.5, 0.6) is 0 Å². The van der Waals surface area contributed by atoms with Gasteiger partial charge in [0.1, 0.15) is 0 Å². The smallest absolute Gasteiger partial charge is 0.165 e. The second-order valence-corrected chi connectivity index (χ2v) is 2.95. The number of nitrogens with two attached hydrogens (primary N) is 1. The molecular weight excluding hydrogens is 155 g/mol.